The first-order chi connectivity index (χ1) is 15.2. The van der Waals surface area contributed by atoms with Gasteiger partial charge in [-0.1, -0.05) is 54.6 Å². The molecular formula is C28H28O3. The molecule has 0 aromatic heterocycles. The lowest BCUT2D eigenvalue weighted by Crippen LogP contribution is -1.99. The molecule has 1 unspecified atom stereocenters. The predicted octanol–water partition coefficient (Wildman–Crippen LogP) is 6.54. The molecule has 0 fully saturated rings. The molecule has 0 heterocycles. The van der Waals surface area contributed by atoms with Gasteiger partial charge in [-0.25, -0.2) is 0 Å². The Morgan fingerprint density at radius 3 is 2.16 bits per heavy atom. The van der Waals surface area contributed by atoms with Crippen molar-refractivity contribution in [2.75, 3.05) is 21.3 Å². The van der Waals surface area contributed by atoms with Crippen LogP contribution >= 0.6 is 0 Å². The van der Waals surface area contributed by atoms with Gasteiger partial charge in [0, 0.05) is 12.0 Å². The summed E-state index contributed by atoms with van der Waals surface area (Å²) in [5.41, 5.74) is 6.47. The van der Waals surface area contributed by atoms with Crippen molar-refractivity contribution >= 4 is 11.6 Å². The second-order valence-electron chi connectivity index (χ2n) is 7.68. The molecule has 0 radical (unpaired) electrons. The monoisotopic (exact) mass is 412 g/mol. The number of allylic oxidation sites excluding steroid dienone is 3. The smallest absolute Gasteiger partial charge is 0.122 e. The fourth-order valence-corrected chi connectivity index (χ4v) is 4.07. The number of ether oxygens (including phenoxy) is 3. The van der Waals surface area contributed by atoms with Crippen molar-refractivity contribution in [2.24, 2.45) is 0 Å². The summed E-state index contributed by atoms with van der Waals surface area (Å²) in [6, 6.07) is 22.9. The van der Waals surface area contributed by atoms with Gasteiger partial charge in [-0.2, -0.15) is 0 Å². The first-order valence-electron chi connectivity index (χ1n) is 10.5. The molecule has 0 spiro atoms. The van der Waals surface area contributed by atoms with Gasteiger partial charge in [-0.05, 0) is 64.9 Å². The zero-order valence-electron chi connectivity index (χ0n) is 18.3. The number of methoxy groups -OCH3 is 3. The Morgan fingerprint density at radius 1 is 0.806 bits per heavy atom. The van der Waals surface area contributed by atoms with Crippen molar-refractivity contribution in [2.45, 2.75) is 18.8 Å². The van der Waals surface area contributed by atoms with Crippen LogP contribution in [-0.4, -0.2) is 21.3 Å². The van der Waals surface area contributed by atoms with Gasteiger partial charge in [-0.3, -0.25) is 0 Å². The summed E-state index contributed by atoms with van der Waals surface area (Å²) >= 11 is 0. The number of hydrogen-bond acceptors (Lipinski definition) is 3. The summed E-state index contributed by atoms with van der Waals surface area (Å²) in [5.74, 6) is 2.65. The quantitative estimate of drug-likeness (QED) is 0.420. The summed E-state index contributed by atoms with van der Waals surface area (Å²) in [6.45, 7) is 0. The van der Waals surface area contributed by atoms with E-state index in [9.17, 15) is 0 Å². The van der Waals surface area contributed by atoms with Crippen LogP contribution < -0.4 is 14.2 Å². The SMILES string of the molecule is COc1ccc(/C=C/C(CC2=CCc3ccccc32)c2cc(OC)cc(OC)c2)cc1. The van der Waals surface area contributed by atoms with Gasteiger partial charge in [0.1, 0.15) is 17.2 Å². The molecule has 1 aliphatic rings. The Bertz CT molecular complexity index is 1070. The topological polar surface area (TPSA) is 27.7 Å². The highest BCUT2D eigenvalue weighted by Crippen LogP contribution is 2.38. The number of benzene rings is 3. The van der Waals surface area contributed by atoms with E-state index < -0.39 is 0 Å². The Kier molecular flexibility index (Phi) is 6.42. The van der Waals surface area contributed by atoms with Crippen molar-refractivity contribution in [1.82, 2.24) is 0 Å². The van der Waals surface area contributed by atoms with Crippen molar-refractivity contribution in [3.05, 3.63) is 101 Å². The molecule has 0 N–H and O–H groups in total. The van der Waals surface area contributed by atoms with E-state index in [1.807, 2.05) is 18.2 Å². The molecule has 3 aromatic rings. The molecule has 0 saturated heterocycles. The van der Waals surface area contributed by atoms with Crippen LogP contribution in [0.5, 0.6) is 17.2 Å². The van der Waals surface area contributed by atoms with Crippen molar-refractivity contribution in [1.29, 1.82) is 0 Å². The van der Waals surface area contributed by atoms with E-state index >= 15 is 0 Å². The van der Waals surface area contributed by atoms with Crippen molar-refractivity contribution < 1.29 is 14.2 Å². The fourth-order valence-electron chi connectivity index (χ4n) is 4.07. The van der Waals surface area contributed by atoms with Gasteiger partial charge in [0.05, 0.1) is 21.3 Å². The molecule has 3 nitrogen and oxygen atoms in total. The lowest BCUT2D eigenvalue weighted by molar-refractivity contribution is 0.393. The lowest BCUT2D eigenvalue weighted by atomic mass is 9.88. The van der Waals surface area contributed by atoms with Crippen LogP contribution in [0.25, 0.3) is 11.6 Å². The zero-order valence-corrected chi connectivity index (χ0v) is 18.3. The van der Waals surface area contributed by atoms with Crippen LogP contribution in [-0.2, 0) is 6.42 Å². The van der Waals surface area contributed by atoms with Crippen molar-refractivity contribution in [3.63, 3.8) is 0 Å². The summed E-state index contributed by atoms with van der Waals surface area (Å²) in [5, 5.41) is 0. The zero-order chi connectivity index (χ0) is 21.6. The molecule has 1 aliphatic carbocycles. The van der Waals surface area contributed by atoms with Gasteiger partial charge in [0.15, 0.2) is 0 Å². The van der Waals surface area contributed by atoms with E-state index in [2.05, 4.69) is 66.8 Å². The molecule has 3 aromatic carbocycles. The molecule has 3 heteroatoms. The second kappa shape index (κ2) is 9.57. The number of fused-ring (bicyclic) bond motifs is 1. The minimum absolute atomic E-state index is 0.184. The van der Waals surface area contributed by atoms with Crippen LogP contribution in [0.15, 0.2) is 78.9 Å². The maximum atomic E-state index is 5.53. The normalized spacial score (nSPS) is 13.6. The molecule has 1 atom stereocenters. The Balaban J connectivity index is 1.67. The van der Waals surface area contributed by atoms with Crippen LogP contribution in [0.4, 0.5) is 0 Å². The molecule has 0 amide bonds. The van der Waals surface area contributed by atoms with E-state index in [1.54, 1.807) is 21.3 Å². The molecule has 4 rings (SSSR count). The highest BCUT2D eigenvalue weighted by molar-refractivity contribution is 5.74. The maximum absolute atomic E-state index is 5.53. The van der Waals surface area contributed by atoms with E-state index in [0.717, 1.165) is 35.7 Å². The average molecular weight is 413 g/mol. The molecule has 0 saturated carbocycles. The molecule has 0 bridgehead atoms. The highest BCUT2D eigenvalue weighted by atomic mass is 16.5. The predicted molar refractivity (Wildman–Crippen MR) is 127 cm³/mol. The van der Waals surface area contributed by atoms with E-state index in [0.29, 0.717) is 0 Å². The summed E-state index contributed by atoms with van der Waals surface area (Å²) in [6.07, 6.45) is 8.73. The fraction of sp³-hybridized carbons (Fsp3) is 0.214. The number of hydrogen-bond donors (Lipinski definition) is 0. The van der Waals surface area contributed by atoms with E-state index in [1.165, 1.54) is 22.3 Å². The molecule has 31 heavy (non-hydrogen) atoms. The highest BCUT2D eigenvalue weighted by Gasteiger charge is 2.19. The number of rotatable bonds is 8. The maximum Gasteiger partial charge on any atom is 0.122 e. The minimum atomic E-state index is 0.184. The van der Waals surface area contributed by atoms with Gasteiger partial charge in [-0.15, -0.1) is 0 Å². The minimum Gasteiger partial charge on any atom is -0.497 e. The van der Waals surface area contributed by atoms with Crippen LogP contribution in [0.1, 0.15) is 34.6 Å². The average Bonchev–Trinajstić information content (AvgIpc) is 3.24. The van der Waals surface area contributed by atoms with E-state index in [4.69, 9.17) is 14.2 Å². The Morgan fingerprint density at radius 2 is 1.48 bits per heavy atom. The standard InChI is InChI=1S/C28H28O3/c1-29-25-14-9-20(10-15-25)8-11-22(24-17-26(30-2)19-27(18-24)31-3)16-23-13-12-21-6-4-5-7-28(21)23/h4-11,13-15,17-19,22H,12,16H2,1-3H3/b11-8+. The molecular weight excluding hydrogens is 384 g/mol. The Hall–Kier alpha value is -3.46. The first kappa shape index (κ1) is 20.8. The summed E-state index contributed by atoms with van der Waals surface area (Å²) in [4.78, 5) is 0. The van der Waals surface area contributed by atoms with Crippen LogP contribution in [0.2, 0.25) is 0 Å². The lowest BCUT2D eigenvalue weighted by Gasteiger charge is -2.18. The second-order valence-corrected chi connectivity index (χ2v) is 7.68. The van der Waals surface area contributed by atoms with Crippen LogP contribution in [0, 0.1) is 0 Å². The summed E-state index contributed by atoms with van der Waals surface area (Å²) in [7, 11) is 5.07. The third kappa shape index (κ3) is 4.83. The Labute approximate surface area is 184 Å². The largest absolute Gasteiger partial charge is 0.497 e. The van der Waals surface area contributed by atoms with Crippen LogP contribution in [0.3, 0.4) is 0 Å². The summed E-state index contributed by atoms with van der Waals surface area (Å²) < 4.78 is 16.3. The van der Waals surface area contributed by atoms with Gasteiger partial charge >= 0.3 is 0 Å². The first-order valence-corrected chi connectivity index (χ1v) is 10.5. The third-order valence-electron chi connectivity index (χ3n) is 5.81. The van der Waals surface area contributed by atoms with Gasteiger partial charge < -0.3 is 14.2 Å². The van der Waals surface area contributed by atoms with E-state index in [-0.39, 0.29) is 5.92 Å². The van der Waals surface area contributed by atoms with Gasteiger partial charge in [0.25, 0.3) is 0 Å². The van der Waals surface area contributed by atoms with Crippen molar-refractivity contribution in [3.8, 4) is 17.2 Å². The van der Waals surface area contributed by atoms with Gasteiger partial charge in [0.2, 0.25) is 0 Å². The molecule has 0 aliphatic heterocycles. The molecule has 158 valence electrons. The third-order valence-corrected chi connectivity index (χ3v) is 5.81.